The predicted molar refractivity (Wildman–Crippen MR) is 148 cm³/mol. The molecule has 0 saturated carbocycles. The Morgan fingerprint density at radius 2 is 1.81 bits per heavy atom. The van der Waals surface area contributed by atoms with Gasteiger partial charge in [-0.2, -0.15) is 4.37 Å². The molecule has 4 aromatic rings. The van der Waals surface area contributed by atoms with E-state index < -0.39 is 0 Å². The summed E-state index contributed by atoms with van der Waals surface area (Å²) in [6.45, 7) is 4.92. The molecule has 0 N–H and O–H groups in total. The summed E-state index contributed by atoms with van der Waals surface area (Å²) in [4.78, 5) is 22.1. The van der Waals surface area contributed by atoms with Crippen LogP contribution in [0.1, 0.15) is 47.5 Å². The van der Waals surface area contributed by atoms with Crippen LogP contribution in [0.25, 0.3) is 0 Å². The number of aromatic nitrogens is 2. The molecule has 6 nitrogen and oxygen atoms in total. The third-order valence-corrected chi connectivity index (χ3v) is 7.88. The van der Waals surface area contributed by atoms with Crippen molar-refractivity contribution in [1.82, 2.24) is 14.3 Å². The highest BCUT2D eigenvalue weighted by Gasteiger charge is 2.24. The van der Waals surface area contributed by atoms with Crippen molar-refractivity contribution in [3.8, 4) is 0 Å². The molecular weight excluding hydrogens is 480 g/mol. The van der Waals surface area contributed by atoms with Gasteiger partial charge < -0.3 is 14.2 Å². The Hall–Kier alpha value is -3.45. The van der Waals surface area contributed by atoms with Crippen LogP contribution in [0.15, 0.2) is 77.4 Å². The zero-order chi connectivity index (χ0) is 25.5. The number of carbonyl (C=O) groups is 1. The zero-order valence-corrected chi connectivity index (χ0v) is 22.2. The van der Waals surface area contributed by atoms with Crippen molar-refractivity contribution in [2.75, 3.05) is 24.5 Å². The van der Waals surface area contributed by atoms with Crippen molar-refractivity contribution in [1.29, 1.82) is 0 Å². The lowest BCUT2D eigenvalue weighted by atomic mass is 9.90. The number of nitrogens with zero attached hydrogens (tertiary/aromatic N) is 4. The molecule has 0 radical (unpaired) electrons. The molecule has 7 heteroatoms. The molecule has 0 unspecified atom stereocenters. The third-order valence-electron chi connectivity index (χ3n) is 7.07. The van der Waals surface area contributed by atoms with Gasteiger partial charge in [0.05, 0.1) is 12.8 Å². The van der Waals surface area contributed by atoms with E-state index in [-0.39, 0.29) is 5.91 Å². The summed E-state index contributed by atoms with van der Waals surface area (Å²) in [6.07, 6.45) is 6.06. The van der Waals surface area contributed by atoms with Crippen LogP contribution in [0.3, 0.4) is 0 Å². The summed E-state index contributed by atoms with van der Waals surface area (Å²) in [5, 5.41) is 0.827. The number of carbonyl (C=O) groups excluding carboxylic acids is 1. The van der Waals surface area contributed by atoms with Crippen LogP contribution in [-0.4, -0.2) is 39.8 Å². The standard InChI is InChI=1S/C30H34N4O2S/c1-23-9-11-25(12-10-23)21-28-31-30(37-32-28)34(22-27-8-5-19-36-27)18-15-29(35)33-16-13-26(14-17-33)20-24-6-3-2-4-7-24/h2-12,19,26H,13-18,20-22H2,1H3. The Bertz CT molecular complexity index is 1250. The smallest absolute Gasteiger partial charge is 0.224 e. The van der Waals surface area contributed by atoms with E-state index in [2.05, 4.69) is 70.8 Å². The highest BCUT2D eigenvalue weighted by molar-refractivity contribution is 7.09. The summed E-state index contributed by atoms with van der Waals surface area (Å²) < 4.78 is 10.2. The Morgan fingerprint density at radius 3 is 2.54 bits per heavy atom. The van der Waals surface area contributed by atoms with E-state index in [1.165, 1.54) is 28.2 Å². The first-order valence-corrected chi connectivity index (χ1v) is 13.9. The minimum atomic E-state index is 0.215. The van der Waals surface area contributed by atoms with Gasteiger partial charge in [-0.25, -0.2) is 4.98 Å². The molecular formula is C30H34N4O2S. The molecule has 3 heterocycles. The second-order valence-electron chi connectivity index (χ2n) is 9.92. The summed E-state index contributed by atoms with van der Waals surface area (Å²) in [5.41, 5.74) is 3.82. The molecule has 1 fully saturated rings. The molecule has 0 bridgehead atoms. The molecule has 1 amide bonds. The van der Waals surface area contributed by atoms with E-state index in [0.29, 0.717) is 31.8 Å². The van der Waals surface area contributed by atoms with Crippen molar-refractivity contribution < 1.29 is 9.21 Å². The quantitative estimate of drug-likeness (QED) is 0.263. The SMILES string of the molecule is Cc1ccc(Cc2nsc(N(CCC(=O)N3CCC(Cc4ccccc4)CC3)Cc3ccco3)n2)cc1. The molecule has 2 aromatic heterocycles. The van der Waals surface area contributed by atoms with Gasteiger partial charge in [0.2, 0.25) is 11.0 Å². The van der Waals surface area contributed by atoms with Crippen LogP contribution < -0.4 is 4.90 Å². The van der Waals surface area contributed by atoms with E-state index in [4.69, 9.17) is 9.40 Å². The van der Waals surface area contributed by atoms with Gasteiger partial charge in [-0.1, -0.05) is 60.2 Å². The van der Waals surface area contributed by atoms with Crippen molar-refractivity contribution >= 4 is 22.6 Å². The van der Waals surface area contributed by atoms with Crippen LogP contribution in [0.2, 0.25) is 0 Å². The molecule has 192 valence electrons. The number of piperidine rings is 1. The second kappa shape index (κ2) is 12.2. The molecule has 0 aliphatic carbocycles. The third kappa shape index (κ3) is 7.07. The van der Waals surface area contributed by atoms with Crippen LogP contribution in [-0.2, 0) is 24.2 Å². The number of furan rings is 1. The van der Waals surface area contributed by atoms with Crippen LogP contribution in [0.5, 0.6) is 0 Å². The van der Waals surface area contributed by atoms with Gasteiger partial charge in [0.25, 0.3) is 0 Å². The molecule has 0 atom stereocenters. The number of benzene rings is 2. The molecule has 2 aromatic carbocycles. The average Bonchev–Trinajstić information content (AvgIpc) is 3.61. The first-order valence-electron chi connectivity index (χ1n) is 13.1. The van der Waals surface area contributed by atoms with Crippen molar-refractivity contribution in [3.05, 3.63) is 101 Å². The van der Waals surface area contributed by atoms with Crippen molar-refractivity contribution in [3.63, 3.8) is 0 Å². The highest BCUT2D eigenvalue weighted by atomic mass is 32.1. The molecule has 5 rings (SSSR count). The summed E-state index contributed by atoms with van der Waals surface area (Å²) in [6, 6.07) is 23.0. The summed E-state index contributed by atoms with van der Waals surface area (Å²) in [7, 11) is 0. The maximum atomic E-state index is 13.1. The second-order valence-corrected chi connectivity index (χ2v) is 10.7. The maximum absolute atomic E-state index is 13.1. The maximum Gasteiger partial charge on any atom is 0.224 e. The van der Waals surface area contributed by atoms with Crippen molar-refractivity contribution in [2.45, 2.75) is 45.6 Å². The predicted octanol–water partition coefficient (Wildman–Crippen LogP) is 5.91. The number of amides is 1. The van der Waals surface area contributed by atoms with Gasteiger partial charge in [-0.3, -0.25) is 4.79 Å². The van der Waals surface area contributed by atoms with E-state index in [1.807, 2.05) is 17.0 Å². The van der Waals surface area contributed by atoms with Crippen molar-refractivity contribution in [2.24, 2.45) is 5.92 Å². The van der Waals surface area contributed by atoms with Crippen LogP contribution in [0, 0.1) is 12.8 Å². The van der Waals surface area contributed by atoms with Crippen LogP contribution in [0.4, 0.5) is 5.13 Å². The van der Waals surface area contributed by atoms with Gasteiger partial charge in [0, 0.05) is 44.0 Å². The molecule has 1 aliphatic heterocycles. The lowest BCUT2D eigenvalue weighted by molar-refractivity contribution is -0.132. The lowest BCUT2D eigenvalue weighted by Crippen LogP contribution is -2.40. The number of rotatable bonds is 10. The number of hydrogen-bond acceptors (Lipinski definition) is 6. The van der Waals surface area contributed by atoms with E-state index in [9.17, 15) is 4.79 Å². The average molecular weight is 515 g/mol. The first kappa shape index (κ1) is 25.2. The van der Waals surface area contributed by atoms with E-state index in [1.54, 1.807) is 6.26 Å². The number of anilines is 1. The Labute approximate surface area is 223 Å². The number of hydrogen-bond donors (Lipinski definition) is 0. The highest BCUT2D eigenvalue weighted by Crippen LogP contribution is 2.24. The Morgan fingerprint density at radius 1 is 1.03 bits per heavy atom. The monoisotopic (exact) mass is 514 g/mol. The Balaban J connectivity index is 1.17. The van der Waals surface area contributed by atoms with Gasteiger partial charge >= 0.3 is 0 Å². The molecule has 0 spiro atoms. The topological polar surface area (TPSA) is 62.5 Å². The minimum Gasteiger partial charge on any atom is -0.467 e. The van der Waals surface area contributed by atoms with Crippen LogP contribution >= 0.6 is 11.5 Å². The van der Waals surface area contributed by atoms with Gasteiger partial charge in [-0.15, -0.1) is 0 Å². The van der Waals surface area contributed by atoms with E-state index >= 15 is 0 Å². The molecule has 37 heavy (non-hydrogen) atoms. The van der Waals surface area contributed by atoms with E-state index in [0.717, 1.165) is 49.1 Å². The zero-order valence-electron chi connectivity index (χ0n) is 21.4. The largest absolute Gasteiger partial charge is 0.467 e. The fourth-order valence-electron chi connectivity index (χ4n) is 4.89. The van der Waals surface area contributed by atoms with Gasteiger partial charge in [0.15, 0.2) is 0 Å². The first-order chi connectivity index (χ1) is 18.1. The van der Waals surface area contributed by atoms with Gasteiger partial charge in [0.1, 0.15) is 11.6 Å². The number of likely N-dealkylation sites (tertiary alicyclic amines) is 1. The fraction of sp³-hybridized carbons (Fsp3) is 0.367. The lowest BCUT2D eigenvalue weighted by Gasteiger charge is -2.32. The molecule has 1 aliphatic rings. The Kier molecular flexibility index (Phi) is 8.31. The van der Waals surface area contributed by atoms with Gasteiger partial charge in [-0.05, 0) is 55.4 Å². The number of aryl methyl sites for hydroxylation is 1. The molecule has 1 saturated heterocycles. The summed E-state index contributed by atoms with van der Waals surface area (Å²) in [5.74, 6) is 2.52. The fourth-order valence-corrected chi connectivity index (χ4v) is 5.60. The minimum absolute atomic E-state index is 0.215. The normalized spacial score (nSPS) is 14.1. The summed E-state index contributed by atoms with van der Waals surface area (Å²) >= 11 is 1.39.